The van der Waals surface area contributed by atoms with E-state index in [-0.39, 0.29) is 17.5 Å². The number of guanidine groups is 1. The Labute approximate surface area is 151 Å². The van der Waals surface area contributed by atoms with Crippen molar-refractivity contribution in [1.29, 1.82) is 0 Å². The van der Waals surface area contributed by atoms with Crippen molar-refractivity contribution >= 4 is 21.5 Å². The molecule has 1 fully saturated rings. The molecule has 0 aliphatic carbocycles. The van der Waals surface area contributed by atoms with Crippen molar-refractivity contribution in [2.75, 3.05) is 43.1 Å². The summed E-state index contributed by atoms with van der Waals surface area (Å²) in [6.45, 7) is 6.35. The third-order valence-electron chi connectivity index (χ3n) is 4.56. The molecule has 7 heteroatoms. The molecule has 6 nitrogen and oxygen atoms in total. The maximum Gasteiger partial charge on any atom is 0.191 e. The standard InChI is InChI=1S/C18H30N4O2S/c1-4-25(23,24)13-10-20-18(19-3)21-15(2)16-8-7-9-17(14-16)22-11-5-6-12-22/h7-9,14-15H,4-6,10-13H2,1-3H3,(H2,19,20,21). The van der Waals surface area contributed by atoms with Crippen LogP contribution in [0.4, 0.5) is 5.69 Å². The zero-order valence-electron chi connectivity index (χ0n) is 15.5. The van der Waals surface area contributed by atoms with Gasteiger partial charge in [-0.2, -0.15) is 0 Å². The molecule has 0 saturated carbocycles. The normalized spacial score (nSPS) is 16.8. The smallest absolute Gasteiger partial charge is 0.191 e. The van der Waals surface area contributed by atoms with E-state index in [0.29, 0.717) is 12.5 Å². The Kier molecular flexibility index (Phi) is 7.11. The molecule has 0 bridgehead atoms. The molecule has 25 heavy (non-hydrogen) atoms. The third kappa shape index (κ3) is 5.92. The van der Waals surface area contributed by atoms with Crippen molar-refractivity contribution in [3.05, 3.63) is 29.8 Å². The number of sulfone groups is 1. The van der Waals surface area contributed by atoms with Gasteiger partial charge >= 0.3 is 0 Å². The Morgan fingerprint density at radius 2 is 2.04 bits per heavy atom. The second-order valence-electron chi connectivity index (χ2n) is 6.39. The van der Waals surface area contributed by atoms with Crippen LogP contribution < -0.4 is 15.5 Å². The van der Waals surface area contributed by atoms with Gasteiger partial charge in [-0.15, -0.1) is 0 Å². The van der Waals surface area contributed by atoms with Gasteiger partial charge in [0.25, 0.3) is 0 Å². The molecule has 2 rings (SSSR count). The minimum absolute atomic E-state index is 0.0801. The molecule has 0 spiro atoms. The van der Waals surface area contributed by atoms with Crippen molar-refractivity contribution in [1.82, 2.24) is 10.6 Å². The number of aliphatic imine (C=N–C) groups is 1. The first kappa shape index (κ1) is 19.6. The van der Waals surface area contributed by atoms with E-state index in [1.54, 1.807) is 14.0 Å². The van der Waals surface area contributed by atoms with Crippen molar-refractivity contribution in [2.45, 2.75) is 32.7 Å². The van der Waals surface area contributed by atoms with Gasteiger partial charge in [0.2, 0.25) is 0 Å². The lowest BCUT2D eigenvalue weighted by atomic mass is 10.1. The van der Waals surface area contributed by atoms with Crippen LogP contribution in [0.15, 0.2) is 29.3 Å². The van der Waals surface area contributed by atoms with Gasteiger partial charge in [-0.05, 0) is 37.5 Å². The highest BCUT2D eigenvalue weighted by atomic mass is 32.2. The maximum absolute atomic E-state index is 11.6. The monoisotopic (exact) mass is 366 g/mol. The average molecular weight is 367 g/mol. The highest BCUT2D eigenvalue weighted by Gasteiger charge is 2.15. The van der Waals surface area contributed by atoms with Gasteiger partial charge in [0.05, 0.1) is 11.8 Å². The number of nitrogens with zero attached hydrogens (tertiary/aromatic N) is 2. The summed E-state index contributed by atoms with van der Waals surface area (Å²) in [7, 11) is -1.28. The zero-order chi connectivity index (χ0) is 18.3. The maximum atomic E-state index is 11.6. The molecule has 0 amide bonds. The lowest BCUT2D eigenvalue weighted by Gasteiger charge is -2.22. The van der Waals surface area contributed by atoms with Crippen LogP contribution in [0.2, 0.25) is 0 Å². The van der Waals surface area contributed by atoms with Crippen molar-refractivity contribution in [3.63, 3.8) is 0 Å². The van der Waals surface area contributed by atoms with E-state index in [2.05, 4.69) is 51.7 Å². The molecule has 1 aromatic carbocycles. The van der Waals surface area contributed by atoms with E-state index in [1.165, 1.54) is 24.1 Å². The summed E-state index contributed by atoms with van der Waals surface area (Å²) in [4.78, 5) is 6.60. The van der Waals surface area contributed by atoms with Gasteiger partial charge in [-0.3, -0.25) is 4.99 Å². The molecule has 1 unspecified atom stereocenters. The van der Waals surface area contributed by atoms with Crippen LogP contribution in [0.5, 0.6) is 0 Å². The highest BCUT2D eigenvalue weighted by Crippen LogP contribution is 2.23. The number of hydrogen-bond acceptors (Lipinski definition) is 4. The van der Waals surface area contributed by atoms with Crippen LogP contribution in [0.1, 0.15) is 38.3 Å². The Morgan fingerprint density at radius 3 is 2.68 bits per heavy atom. The van der Waals surface area contributed by atoms with Gasteiger partial charge in [0, 0.05) is 38.1 Å². The van der Waals surface area contributed by atoms with Crippen molar-refractivity contribution < 1.29 is 8.42 Å². The first-order chi connectivity index (χ1) is 11.9. The molecule has 2 N–H and O–H groups in total. The SMILES string of the molecule is CCS(=O)(=O)CCNC(=NC)NC(C)c1cccc(N2CCCC2)c1. The molecule has 0 radical (unpaired) electrons. The summed E-state index contributed by atoms with van der Waals surface area (Å²) >= 11 is 0. The predicted octanol–water partition coefficient (Wildman–Crippen LogP) is 1.95. The zero-order valence-corrected chi connectivity index (χ0v) is 16.3. The van der Waals surface area contributed by atoms with Crippen LogP contribution in [-0.4, -0.2) is 52.6 Å². The summed E-state index contributed by atoms with van der Waals surface area (Å²) in [6, 6.07) is 8.65. The minimum Gasteiger partial charge on any atom is -0.372 e. The van der Waals surface area contributed by atoms with Crippen LogP contribution in [0.25, 0.3) is 0 Å². The summed E-state index contributed by atoms with van der Waals surface area (Å²) in [5.74, 6) is 0.897. The first-order valence-electron chi connectivity index (χ1n) is 8.97. The van der Waals surface area contributed by atoms with E-state index in [1.807, 2.05) is 0 Å². The molecule has 1 atom stereocenters. The summed E-state index contributed by atoms with van der Waals surface area (Å²) < 4.78 is 23.1. The largest absolute Gasteiger partial charge is 0.372 e. The molecule has 1 saturated heterocycles. The summed E-state index contributed by atoms with van der Waals surface area (Å²) in [5, 5.41) is 6.41. The Morgan fingerprint density at radius 1 is 1.32 bits per heavy atom. The lowest BCUT2D eigenvalue weighted by molar-refractivity contribution is 0.595. The fraction of sp³-hybridized carbons (Fsp3) is 0.611. The molecule has 0 aromatic heterocycles. The molecule has 1 aliphatic rings. The van der Waals surface area contributed by atoms with E-state index < -0.39 is 9.84 Å². The Bertz CT molecular complexity index is 682. The topological polar surface area (TPSA) is 73.8 Å². The summed E-state index contributed by atoms with van der Waals surface area (Å²) in [6.07, 6.45) is 2.52. The summed E-state index contributed by atoms with van der Waals surface area (Å²) in [5.41, 5.74) is 2.45. The second kappa shape index (κ2) is 9.08. The van der Waals surface area contributed by atoms with Gasteiger partial charge < -0.3 is 15.5 Å². The molecule has 1 aromatic rings. The van der Waals surface area contributed by atoms with Crippen molar-refractivity contribution in [2.24, 2.45) is 4.99 Å². The van der Waals surface area contributed by atoms with E-state index >= 15 is 0 Å². The fourth-order valence-corrected chi connectivity index (χ4v) is 3.62. The Hall–Kier alpha value is -1.76. The van der Waals surface area contributed by atoms with E-state index in [0.717, 1.165) is 13.1 Å². The lowest BCUT2D eigenvalue weighted by Crippen LogP contribution is -2.40. The Balaban J connectivity index is 1.93. The third-order valence-corrected chi connectivity index (χ3v) is 6.27. The average Bonchev–Trinajstić information content (AvgIpc) is 3.15. The number of benzene rings is 1. The quantitative estimate of drug-likeness (QED) is 0.570. The van der Waals surface area contributed by atoms with Gasteiger partial charge in [-0.1, -0.05) is 19.1 Å². The van der Waals surface area contributed by atoms with E-state index in [9.17, 15) is 8.42 Å². The van der Waals surface area contributed by atoms with Crippen LogP contribution in [0, 0.1) is 0 Å². The molecule has 1 heterocycles. The van der Waals surface area contributed by atoms with Crippen molar-refractivity contribution in [3.8, 4) is 0 Å². The second-order valence-corrected chi connectivity index (χ2v) is 8.86. The number of rotatable bonds is 7. The van der Waals surface area contributed by atoms with E-state index in [4.69, 9.17) is 0 Å². The highest BCUT2D eigenvalue weighted by molar-refractivity contribution is 7.91. The molecular formula is C18H30N4O2S. The molecule has 1 aliphatic heterocycles. The number of nitrogens with one attached hydrogen (secondary N) is 2. The van der Waals surface area contributed by atoms with Crippen LogP contribution in [0.3, 0.4) is 0 Å². The fourth-order valence-electron chi connectivity index (χ4n) is 2.92. The minimum atomic E-state index is -2.97. The van der Waals surface area contributed by atoms with Crippen LogP contribution in [-0.2, 0) is 9.84 Å². The molecular weight excluding hydrogens is 336 g/mol. The van der Waals surface area contributed by atoms with Gasteiger partial charge in [0.1, 0.15) is 0 Å². The van der Waals surface area contributed by atoms with Crippen LogP contribution >= 0.6 is 0 Å². The number of anilines is 1. The van der Waals surface area contributed by atoms with Gasteiger partial charge in [-0.25, -0.2) is 8.42 Å². The molecule has 140 valence electrons. The van der Waals surface area contributed by atoms with Gasteiger partial charge in [0.15, 0.2) is 15.8 Å². The number of hydrogen-bond donors (Lipinski definition) is 2. The predicted molar refractivity (Wildman–Crippen MR) is 105 cm³/mol. The first-order valence-corrected chi connectivity index (χ1v) is 10.8.